The van der Waals surface area contributed by atoms with Gasteiger partial charge in [0.2, 0.25) is 5.91 Å². The third-order valence-electron chi connectivity index (χ3n) is 6.96. The molecule has 33 heavy (non-hydrogen) atoms. The van der Waals surface area contributed by atoms with Crippen LogP contribution in [0.5, 0.6) is 0 Å². The van der Waals surface area contributed by atoms with Gasteiger partial charge in [-0.25, -0.2) is 9.37 Å². The van der Waals surface area contributed by atoms with E-state index in [0.29, 0.717) is 29.6 Å². The minimum atomic E-state index is -0.447. The molecule has 5 rings (SSSR count). The first-order valence-electron chi connectivity index (χ1n) is 11.9. The second-order valence-electron chi connectivity index (χ2n) is 9.18. The van der Waals surface area contributed by atoms with Gasteiger partial charge in [0.25, 0.3) is 0 Å². The second-order valence-corrected chi connectivity index (χ2v) is 9.62. The monoisotopic (exact) mass is 469 g/mol. The quantitative estimate of drug-likeness (QED) is 0.505. The molecule has 1 aromatic heterocycles. The van der Waals surface area contributed by atoms with Crippen LogP contribution < -0.4 is 5.32 Å². The van der Waals surface area contributed by atoms with Crippen molar-refractivity contribution in [3.63, 3.8) is 0 Å². The predicted molar refractivity (Wildman–Crippen MR) is 128 cm³/mol. The van der Waals surface area contributed by atoms with Crippen molar-refractivity contribution in [2.45, 2.75) is 57.0 Å². The zero-order valence-corrected chi connectivity index (χ0v) is 19.4. The van der Waals surface area contributed by atoms with Crippen LogP contribution in [0.4, 0.5) is 4.39 Å². The normalized spacial score (nSPS) is 19.0. The van der Waals surface area contributed by atoms with Crippen LogP contribution in [-0.4, -0.2) is 34.7 Å². The number of nitrogens with one attached hydrogen (secondary N) is 1. The number of ether oxygens (including phenoxy) is 1. The Morgan fingerprint density at radius 3 is 2.52 bits per heavy atom. The minimum absolute atomic E-state index is 0.0210. The Hall–Kier alpha value is -2.44. The molecule has 1 aliphatic carbocycles. The van der Waals surface area contributed by atoms with Gasteiger partial charge in [0.1, 0.15) is 17.7 Å². The lowest BCUT2D eigenvalue weighted by atomic mass is 9.89. The fraction of sp³-hybridized carbons (Fsp3) is 0.462. The molecule has 2 aromatic carbocycles. The maximum atomic E-state index is 14.1. The molecule has 2 heterocycles. The summed E-state index contributed by atoms with van der Waals surface area (Å²) in [7, 11) is 0. The molecule has 1 aliphatic heterocycles. The van der Waals surface area contributed by atoms with E-state index in [4.69, 9.17) is 21.3 Å². The number of imidazole rings is 1. The number of fused-ring (bicyclic) bond motifs is 1. The number of hydrogen-bond donors (Lipinski definition) is 1. The summed E-state index contributed by atoms with van der Waals surface area (Å²) in [6, 6.07) is 11.8. The maximum absolute atomic E-state index is 14.1. The fourth-order valence-corrected chi connectivity index (χ4v) is 5.39. The molecule has 2 fully saturated rings. The van der Waals surface area contributed by atoms with Gasteiger partial charge in [0.05, 0.1) is 11.0 Å². The van der Waals surface area contributed by atoms with Crippen LogP contribution in [0.15, 0.2) is 42.5 Å². The minimum Gasteiger partial charge on any atom is -0.381 e. The highest BCUT2D eigenvalue weighted by Crippen LogP contribution is 2.36. The summed E-state index contributed by atoms with van der Waals surface area (Å²) in [5, 5.41) is 3.97. The van der Waals surface area contributed by atoms with Crippen molar-refractivity contribution in [3.8, 4) is 11.4 Å². The number of carbonyl (C=O) groups excluding carboxylic acids is 1. The van der Waals surface area contributed by atoms with E-state index in [1.807, 2.05) is 28.8 Å². The molecule has 1 unspecified atom stereocenters. The topological polar surface area (TPSA) is 56.1 Å². The van der Waals surface area contributed by atoms with Crippen LogP contribution in [0.2, 0.25) is 5.02 Å². The van der Waals surface area contributed by atoms with Gasteiger partial charge in [0.15, 0.2) is 0 Å². The van der Waals surface area contributed by atoms with Crippen LogP contribution in [0, 0.1) is 11.7 Å². The zero-order valence-electron chi connectivity index (χ0n) is 18.6. The number of aromatic nitrogens is 2. The SMILES string of the molecule is O=C(NC1CCCCC1)C(C1CCOCC1)n1c(-c2ccc(Cl)cc2)nc2cc(F)ccc21. The number of carbonyl (C=O) groups is 1. The van der Waals surface area contributed by atoms with Crippen molar-refractivity contribution in [1.29, 1.82) is 0 Å². The molecule has 3 aromatic rings. The van der Waals surface area contributed by atoms with Gasteiger partial charge in [-0.05, 0) is 68.0 Å². The van der Waals surface area contributed by atoms with Gasteiger partial charge in [-0.1, -0.05) is 30.9 Å². The average Bonchev–Trinajstić information content (AvgIpc) is 3.19. The lowest BCUT2D eigenvalue weighted by Gasteiger charge is -2.33. The Balaban J connectivity index is 1.62. The predicted octanol–water partition coefficient (Wildman–Crippen LogP) is 5.91. The van der Waals surface area contributed by atoms with Crippen LogP contribution in [-0.2, 0) is 9.53 Å². The third kappa shape index (κ3) is 4.78. The molecule has 1 amide bonds. The van der Waals surface area contributed by atoms with Crippen LogP contribution in [0.1, 0.15) is 51.0 Å². The van der Waals surface area contributed by atoms with E-state index in [9.17, 15) is 9.18 Å². The van der Waals surface area contributed by atoms with Gasteiger partial charge < -0.3 is 14.6 Å². The zero-order chi connectivity index (χ0) is 22.8. The first kappa shape index (κ1) is 22.4. The molecule has 1 N–H and O–H groups in total. The fourth-order valence-electron chi connectivity index (χ4n) is 5.26. The van der Waals surface area contributed by atoms with Gasteiger partial charge in [-0.15, -0.1) is 0 Å². The summed E-state index contributed by atoms with van der Waals surface area (Å²) in [6.45, 7) is 1.27. The molecular weight excluding hydrogens is 441 g/mol. The molecule has 1 saturated carbocycles. The number of halogens is 2. The molecule has 0 spiro atoms. The van der Waals surface area contributed by atoms with Gasteiger partial charge in [-0.3, -0.25) is 4.79 Å². The third-order valence-corrected chi connectivity index (χ3v) is 7.22. The van der Waals surface area contributed by atoms with Crippen molar-refractivity contribution in [1.82, 2.24) is 14.9 Å². The highest BCUT2D eigenvalue weighted by molar-refractivity contribution is 6.30. The first-order valence-corrected chi connectivity index (χ1v) is 12.3. The Morgan fingerprint density at radius 2 is 1.79 bits per heavy atom. The van der Waals surface area contributed by atoms with E-state index in [1.54, 1.807) is 6.07 Å². The molecular formula is C26H29ClFN3O2. The van der Waals surface area contributed by atoms with Crippen LogP contribution in [0.25, 0.3) is 22.4 Å². The van der Waals surface area contributed by atoms with Gasteiger partial charge >= 0.3 is 0 Å². The number of nitrogens with zero attached hydrogens (tertiary/aromatic N) is 2. The summed E-state index contributed by atoms with van der Waals surface area (Å²) in [6.07, 6.45) is 7.16. The van der Waals surface area contributed by atoms with E-state index in [-0.39, 0.29) is 23.7 Å². The van der Waals surface area contributed by atoms with Gasteiger partial charge in [-0.2, -0.15) is 0 Å². The van der Waals surface area contributed by atoms with E-state index in [2.05, 4.69) is 5.32 Å². The van der Waals surface area contributed by atoms with Crippen LogP contribution in [0.3, 0.4) is 0 Å². The Labute approximate surface area is 198 Å². The second kappa shape index (κ2) is 9.82. The van der Waals surface area contributed by atoms with Crippen molar-refractivity contribution in [3.05, 3.63) is 53.3 Å². The highest BCUT2D eigenvalue weighted by atomic mass is 35.5. The molecule has 0 radical (unpaired) electrons. The Morgan fingerprint density at radius 1 is 1.06 bits per heavy atom. The molecule has 0 bridgehead atoms. The lowest BCUT2D eigenvalue weighted by molar-refractivity contribution is -0.127. The lowest BCUT2D eigenvalue weighted by Crippen LogP contribution is -2.44. The number of benzene rings is 2. The van der Waals surface area contributed by atoms with Crippen molar-refractivity contribution in [2.75, 3.05) is 13.2 Å². The Kier molecular flexibility index (Phi) is 6.65. The molecule has 7 heteroatoms. The first-order chi connectivity index (χ1) is 16.1. The van der Waals surface area contributed by atoms with Crippen LogP contribution >= 0.6 is 11.6 Å². The van der Waals surface area contributed by atoms with Gasteiger partial charge in [0, 0.05) is 35.9 Å². The number of hydrogen-bond acceptors (Lipinski definition) is 3. The maximum Gasteiger partial charge on any atom is 0.243 e. The molecule has 1 atom stereocenters. The molecule has 2 aliphatic rings. The largest absolute Gasteiger partial charge is 0.381 e. The molecule has 5 nitrogen and oxygen atoms in total. The summed E-state index contributed by atoms with van der Waals surface area (Å²) < 4.78 is 21.7. The van der Waals surface area contributed by atoms with Crippen molar-refractivity contribution >= 4 is 28.5 Å². The number of rotatable bonds is 5. The van der Waals surface area contributed by atoms with E-state index < -0.39 is 6.04 Å². The number of amides is 1. The highest BCUT2D eigenvalue weighted by Gasteiger charge is 2.35. The molecule has 1 saturated heterocycles. The average molecular weight is 470 g/mol. The summed E-state index contributed by atoms with van der Waals surface area (Å²) in [4.78, 5) is 18.6. The van der Waals surface area contributed by atoms with E-state index in [0.717, 1.165) is 49.6 Å². The molecule has 174 valence electrons. The van der Waals surface area contributed by atoms with Crippen molar-refractivity contribution < 1.29 is 13.9 Å². The standard InChI is InChI=1S/C26H29ClFN3O2/c27-19-8-6-18(7-9-19)25-30-22-16-20(28)10-11-23(22)31(25)24(17-12-14-33-15-13-17)26(32)29-21-4-2-1-3-5-21/h6-11,16-17,21,24H,1-5,12-15H2,(H,29,32). The summed E-state index contributed by atoms with van der Waals surface area (Å²) in [5.74, 6) is 0.440. The summed E-state index contributed by atoms with van der Waals surface area (Å²) in [5.41, 5.74) is 2.15. The van der Waals surface area contributed by atoms with Crippen molar-refractivity contribution in [2.24, 2.45) is 5.92 Å². The Bertz CT molecular complexity index is 1120. The van der Waals surface area contributed by atoms with E-state index in [1.165, 1.54) is 18.6 Å². The van der Waals surface area contributed by atoms with E-state index >= 15 is 0 Å². The summed E-state index contributed by atoms with van der Waals surface area (Å²) >= 11 is 6.13. The smallest absolute Gasteiger partial charge is 0.243 e.